The van der Waals surface area contributed by atoms with Crippen molar-refractivity contribution in [2.75, 3.05) is 26.3 Å². The van der Waals surface area contributed by atoms with Gasteiger partial charge in [-0.1, -0.05) is 23.5 Å². The summed E-state index contributed by atoms with van der Waals surface area (Å²) in [6, 6.07) is 6.07. The van der Waals surface area contributed by atoms with E-state index in [1.54, 1.807) is 11.3 Å². The van der Waals surface area contributed by atoms with Gasteiger partial charge in [-0.2, -0.15) is 0 Å². The van der Waals surface area contributed by atoms with Crippen molar-refractivity contribution in [2.24, 2.45) is 16.3 Å². The van der Waals surface area contributed by atoms with Crippen LogP contribution in [-0.4, -0.2) is 54.0 Å². The van der Waals surface area contributed by atoms with Crippen LogP contribution >= 0.6 is 11.3 Å². The van der Waals surface area contributed by atoms with E-state index in [4.69, 9.17) is 0 Å². The number of benzene rings is 1. The van der Waals surface area contributed by atoms with Gasteiger partial charge in [0.15, 0.2) is 0 Å². The zero-order valence-electron chi connectivity index (χ0n) is 17.3. The SMILES string of the molecule is C=N/C(=C\c1cc(-c2nnc(C)s2)ccc1C)NC(=O)C1CC2(C1)CN(CCF)C2. The van der Waals surface area contributed by atoms with Crippen LogP contribution in [0.4, 0.5) is 4.39 Å². The molecule has 0 bridgehead atoms. The molecule has 0 atom stereocenters. The lowest BCUT2D eigenvalue weighted by atomic mass is 9.57. The molecule has 30 heavy (non-hydrogen) atoms. The van der Waals surface area contributed by atoms with Crippen LogP contribution in [-0.2, 0) is 4.79 Å². The normalized spacial score (nSPS) is 18.7. The minimum Gasteiger partial charge on any atom is -0.310 e. The first-order valence-corrected chi connectivity index (χ1v) is 10.9. The Kier molecular flexibility index (Phi) is 5.79. The van der Waals surface area contributed by atoms with Gasteiger partial charge in [0, 0.05) is 31.1 Å². The second-order valence-corrected chi connectivity index (χ2v) is 9.56. The van der Waals surface area contributed by atoms with Gasteiger partial charge in [0.2, 0.25) is 5.91 Å². The van der Waals surface area contributed by atoms with E-state index in [-0.39, 0.29) is 23.9 Å². The Morgan fingerprint density at radius 1 is 1.40 bits per heavy atom. The largest absolute Gasteiger partial charge is 0.310 e. The molecule has 1 spiro atoms. The number of hydrogen-bond donors (Lipinski definition) is 1. The third-order valence-electron chi connectivity index (χ3n) is 6.01. The van der Waals surface area contributed by atoms with Crippen molar-refractivity contribution in [2.45, 2.75) is 26.7 Å². The molecule has 1 aromatic heterocycles. The molecule has 2 heterocycles. The maximum absolute atomic E-state index is 12.7. The first-order chi connectivity index (χ1) is 14.4. The zero-order valence-corrected chi connectivity index (χ0v) is 18.1. The number of carbonyl (C=O) groups is 1. The standard InChI is InChI=1S/C22H26FN5OS/c1-14-4-5-16(21-27-26-15(2)30-21)8-17(14)9-19(24-3)25-20(29)18-10-22(11-18)12-28(13-22)7-6-23/h4-5,8-9,18H,3,6-7,10-13H2,1-2H3,(H,25,29)/b19-9+. The van der Waals surface area contributed by atoms with Gasteiger partial charge in [-0.15, -0.1) is 10.2 Å². The Morgan fingerprint density at radius 3 is 2.80 bits per heavy atom. The van der Waals surface area contributed by atoms with Gasteiger partial charge in [-0.05, 0) is 62.1 Å². The number of halogens is 1. The number of rotatable bonds is 7. The van der Waals surface area contributed by atoms with Crippen molar-refractivity contribution >= 4 is 30.0 Å². The Labute approximate surface area is 179 Å². The fourth-order valence-electron chi connectivity index (χ4n) is 4.45. The number of amides is 1. The third-order valence-corrected chi connectivity index (χ3v) is 6.90. The second-order valence-electron chi connectivity index (χ2n) is 8.38. The average Bonchev–Trinajstić information content (AvgIpc) is 3.09. The number of nitrogens with one attached hydrogen (secondary N) is 1. The van der Waals surface area contributed by atoms with Crippen molar-refractivity contribution in [3.05, 3.63) is 40.2 Å². The molecule has 1 aliphatic carbocycles. The molecule has 0 radical (unpaired) electrons. The summed E-state index contributed by atoms with van der Waals surface area (Å²) < 4.78 is 12.4. The molecule has 2 aliphatic rings. The summed E-state index contributed by atoms with van der Waals surface area (Å²) in [6.07, 6.45) is 3.56. The van der Waals surface area contributed by atoms with Crippen molar-refractivity contribution in [3.63, 3.8) is 0 Å². The van der Waals surface area contributed by atoms with Crippen LogP contribution in [0.1, 0.15) is 29.0 Å². The maximum Gasteiger partial charge on any atom is 0.228 e. The number of alkyl halides is 1. The van der Waals surface area contributed by atoms with Gasteiger partial charge in [0.05, 0.1) is 0 Å². The van der Waals surface area contributed by atoms with Crippen LogP contribution in [0.2, 0.25) is 0 Å². The highest BCUT2D eigenvalue weighted by molar-refractivity contribution is 7.14. The summed E-state index contributed by atoms with van der Waals surface area (Å²) >= 11 is 1.54. The van der Waals surface area contributed by atoms with E-state index in [0.717, 1.165) is 52.6 Å². The molecule has 6 nitrogen and oxygen atoms in total. The van der Waals surface area contributed by atoms with Crippen LogP contribution in [0.5, 0.6) is 0 Å². The fraction of sp³-hybridized carbons (Fsp3) is 0.455. The quantitative estimate of drug-likeness (QED) is 0.685. The van der Waals surface area contributed by atoms with Gasteiger partial charge in [0.1, 0.15) is 22.5 Å². The number of hydrogen-bond acceptors (Lipinski definition) is 6. The van der Waals surface area contributed by atoms with Gasteiger partial charge >= 0.3 is 0 Å². The average molecular weight is 428 g/mol. The molecular weight excluding hydrogens is 401 g/mol. The summed E-state index contributed by atoms with van der Waals surface area (Å²) in [5.74, 6) is 0.415. The lowest BCUT2D eigenvalue weighted by Gasteiger charge is -2.58. The minimum atomic E-state index is -0.307. The molecule has 4 rings (SSSR count). The van der Waals surface area contributed by atoms with Crippen molar-refractivity contribution in [3.8, 4) is 10.6 Å². The number of aliphatic imine (C=N–C) groups is 1. The van der Waals surface area contributed by atoms with E-state index in [2.05, 4.69) is 32.1 Å². The summed E-state index contributed by atoms with van der Waals surface area (Å²) in [4.78, 5) is 18.8. The van der Waals surface area contributed by atoms with E-state index in [1.165, 1.54) is 0 Å². The lowest BCUT2D eigenvalue weighted by molar-refractivity contribution is -0.143. The summed E-state index contributed by atoms with van der Waals surface area (Å²) in [7, 11) is 0. The Balaban J connectivity index is 1.41. The number of aromatic nitrogens is 2. The number of aryl methyl sites for hydroxylation is 2. The highest BCUT2D eigenvalue weighted by atomic mass is 32.1. The molecule has 1 saturated carbocycles. The van der Waals surface area contributed by atoms with E-state index in [0.29, 0.717) is 12.4 Å². The Bertz CT molecular complexity index is 987. The smallest absolute Gasteiger partial charge is 0.228 e. The molecular formula is C22H26FN5OS. The minimum absolute atomic E-state index is 0.0144. The van der Waals surface area contributed by atoms with Gasteiger partial charge in [-0.25, -0.2) is 9.38 Å². The molecule has 1 aromatic carbocycles. The van der Waals surface area contributed by atoms with Crippen LogP contribution in [0.3, 0.4) is 0 Å². The number of nitrogens with zero attached hydrogens (tertiary/aromatic N) is 4. The Morgan fingerprint density at radius 2 is 2.17 bits per heavy atom. The molecule has 2 aromatic rings. The monoisotopic (exact) mass is 427 g/mol. The first-order valence-electron chi connectivity index (χ1n) is 10.1. The van der Waals surface area contributed by atoms with Crippen molar-refractivity contribution in [1.29, 1.82) is 0 Å². The van der Waals surface area contributed by atoms with Gasteiger partial charge in [-0.3, -0.25) is 9.69 Å². The predicted molar refractivity (Wildman–Crippen MR) is 118 cm³/mol. The van der Waals surface area contributed by atoms with Gasteiger partial charge in [0.25, 0.3) is 0 Å². The van der Waals surface area contributed by atoms with Gasteiger partial charge < -0.3 is 5.32 Å². The molecule has 1 amide bonds. The molecule has 1 saturated heterocycles. The van der Waals surface area contributed by atoms with E-state index < -0.39 is 0 Å². The van der Waals surface area contributed by atoms with Crippen LogP contribution in [0.25, 0.3) is 16.6 Å². The molecule has 1 aliphatic heterocycles. The topological polar surface area (TPSA) is 70.5 Å². The lowest BCUT2D eigenvalue weighted by Crippen LogP contribution is -2.64. The maximum atomic E-state index is 12.7. The number of likely N-dealkylation sites (tertiary alicyclic amines) is 1. The highest BCUT2D eigenvalue weighted by Crippen LogP contribution is 2.51. The third kappa shape index (κ3) is 4.20. The van der Waals surface area contributed by atoms with E-state index >= 15 is 0 Å². The van der Waals surface area contributed by atoms with Crippen LogP contribution < -0.4 is 5.32 Å². The molecule has 1 N–H and O–H groups in total. The fourth-order valence-corrected chi connectivity index (χ4v) is 5.14. The van der Waals surface area contributed by atoms with E-state index in [9.17, 15) is 9.18 Å². The summed E-state index contributed by atoms with van der Waals surface area (Å²) in [6.45, 7) is 9.56. The molecule has 2 fully saturated rings. The second kappa shape index (κ2) is 8.35. The first kappa shape index (κ1) is 20.8. The van der Waals surface area contributed by atoms with E-state index in [1.807, 2.05) is 38.1 Å². The van der Waals surface area contributed by atoms with Crippen molar-refractivity contribution < 1.29 is 9.18 Å². The predicted octanol–water partition coefficient (Wildman–Crippen LogP) is 3.62. The molecule has 0 unspecified atom stereocenters. The molecule has 158 valence electrons. The highest BCUT2D eigenvalue weighted by Gasteiger charge is 2.53. The number of carbonyl (C=O) groups excluding carboxylic acids is 1. The van der Waals surface area contributed by atoms with Crippen LogP contribution in [0, 0.1) is 25.2 Å². The summed E-state index contributed by atoms with van der Waals surface area (Å²) in [5, 5.41) is 13.0. The molecule has 8 heteroatoms. The summed E-state index contributed by atoms with van der Waals surface area (Å²) in [5.41, 5.74) is 3.22. The van der Waals surface area contributed by atoms with Crippen LogP contribution in [0.15, 0.2) is 29.0 Å². The van der Waals surface area contributed by atoms with Crippen molar-refractivity contribution in [1.82, 2.24) is 20.4 Å². The zero-order chi connectivity index (χ0) is 21.3. The Hall–Kier alpha value is -2.45.